The molecule has 0 spiro atoms. The van der Waals surface area contributed by atoms with Gasteiger partial charge in [-0.05, 0) is 6.42 Å². The van der Waals surface area contributed by atoms with E-state index in [4.69, 9.17) is 10.5 Å². The van der Waals surface area contributed by atoms with Gasteiger partial charge < -0.3 is 15.4 Å². The summed E-state index contributed by atoms with van der Waals surface area (Å²) in [5.41, 5.74) is 5.58. The molecule has 2 rings (SSSR count). The van der Waals surface area contributed by atoms with Crippen LogP contribution in [0.15, 0.2) is 0 Å². The summed E-state index contributed by atoms with van der Waals surface area (Å²) in [4.78, 5) is 13.4. The average molecular weight is 170 g/mol. The lowest BCUT2D eigenvalue weighted by molar-refractivity contribution is -0.139. The molecule has 2 aliphatic rings. The van der Waals surface area contributed by atoms with E-state index in [1.54, 1.807) is 0 Å². The molecule has 0 aromatic rings. The number of rotatable bonds is 1. The first-order valence-electron chi connectivity index (χ1n) is 4.39. The second-order valence-corrected chi connectivity index (χ2v) is 3.56. The first-order chi connectivity index (χ1) is 5.77. The van der Waals surface area contributed by atoms with E-state index in [0.717, 1.165) is 26.1 Å². The quantitative estimate of drug-likeness (QED) is 0.560. The number of hydrogen-bond acceptors (Lipinski definition) is 3. The SMILES string of the molecule is NC1CN(C(=O)[C@H]2CCOC2)C1. The standard InChI is InChI=1S/C8H14N2O2/c9-7-3-10(4-7)8(11)6-1-2-12-5-6/h6-7H,1-5,9H2/t6-/m0/s1. The van der Waals surface area contributed by atoms with Gasteiger partial charge in [-0.3, -0.25) is 4.79 Å². The lowest BCUT2D eigenvalue weighted by atomic mass is 10.0. The number of nitrogens with two attached hydrogens (primary N) is 1. The van der Waals surface area contributed by atoms with Crippen LogP contribution >= 0.6 is 0 Å². The second-order valence-electron chi connectivity index (χ2n) is 3.56. The molecular weight excluding hydrogens is 156 g/mol. The topological polar surface area (TPSA) is 55.6 Å². The molecule has 2 fully saturated rings. The van der Waals surface area contributed by atoms with Gasteiger partial charge in [-0.1, -0.05) is 0 Å². The number of carbonyl (C=O) groups is 1. The minimum Gasteiger partial charge on any atom is -0.381 e. The number of likely N-dealkylation sites (tertiary alicyclic amines) is 1. The van der Waals surface area contributed by atoms with Crippen molar-refractivity contribution in [3.05, 3.63) is 0 Å². The fourth-order valence-corrected chi connectivity index (χ4v) is 1.68. The summed E-state index contributed by atoms with van der Waals surface area (Å²) in [6.45, 7) is 2.80. The van der Waals surface area contributed by atoms with E-state index in [0.29, 0.717) is 6.61 Å². The van der Waals surface area contributed by atoms with Crippen LogP contribution in [0.2, 0.25) is 0 Å². The fourth-order valence-electron chi connectivity index (χ4n) is 1.68. The van der Waals surface area contributed by atoms with Crippen molar-refractivity contribution in [1.82, 2.24) is 4.90 Å². The minimum absolute atomic E-state index is 0.109. The van der Waals surface area contributed by atoms with Crippen LogP contribution in [-0.2, 0) is 9.53 Å². The smallest absolute Gasteiger partial charge is 0.228 e. The molecule has 0 bridgehead atoms. The summed E-state index contributed by atoms with van der Waals surface area (Å²) in [5.74, 6) is 0.340. The van der Waals surface area contributed by atoms with Crippen LogP contribution in [0.25, 0.3) is 0 Å². The van der Waals surface area contributed by atoms with Gasteiger partial charge in [-0.2, -0.15) is 0 Å². The van der Waals surface area contributed by atoms with Crippen LogP contribution in [0.5, 0.6) is 0 Å². The molecule has 12 heavy (non-hydrogen) atoms. The first kappa shape index (κ1) is 8.01. The Hall–Kier alpha value is -0.610. The van der Waals surface area contributed by atoms with Crippen LogP contribution in [0.1, 0.15) is 6.42 Å². The molecule has 4 heteroatoms. The van der Waals surface area contributed by atoms with Crippen molar-refractivity contribution >= 4 is 5.91 Å². The monoisotopic (exact) mass is 170 g/mol. The molecule has 0 aliphatic carbocycles. The summed E-state index contributed by atoms with van der Waals surface area (Å²) in [6, 6.07) is 0.205. The largest absolute Gasteiger partial charge is 0.381 e. The van der Waals surface area contributed by atoms with Crippen LogP contribution in [0.4, 0.5) is 0 Å². The molecule has 1 amide bonds. The highest BCUT2D eigenvalue weighted by Crippen LogP contribution is 2.18. The molecule has 0 aromatic carbocycles. The fraction of sp³-hybridized carbons (Fsp3) is 0.875. The van der Waals surface area contributed by atoms with Crippen LogP contribution in [0, 0.1) is 5.92 Å². The summed E-state index contributed by atoms with van der Waals surface area (Å²) in [6.07, 6.45) is 0.880. The van der Waals surface area contributed by atoms with Gasteiger partial charge in [0, 0.05) is 25.7 Å². The highest BCUT2D eigenvalue weighted by atomic mass is 16.5. The number of carbonyl (C=O) groups excluding carboxylic acids is 1. The molecule has 2 saturated heterocycles. The molecule has 0 unspecified atom stereocenters. The van der Waals surface area contributed by atoms with E-state index in [1.165, 1.54) is 0 Å². The molecular formula is C8H14N2O2. The van der Waals surface area contributed by atoms with Crippen LogP contribution in [0.3, 0.4) is 0 Å². The zero-order valence-electron chi connectivity index (χ0n) is 7.03. The van der Waals surface area contributed by atoms with Gasteiger partial charge in [0.15, 0.2) is 0 Å². The van der Waals surface area contributed by atoms with Crippen molar-refractivity contribution in [1.29, 1.82) is 0 Å². The van der Waals surface area contributed by atoms with E-state index in [2.05, 4.69) is 0 Å². The van der Waals surface area contributed by atoms with Crippen molar-refractivity contribution in [2.24, 2.45) is 11.7 Å². The lowest BCUT2D eigenvalue weighted by Gasteiger charge is -2.38. The van der Waals surface area contributed by atoms with E-state index in [-0.39, 0.29) is 17.9 Å². The molecule has 68 valence electrons. The van der Waals surface area contributed by atoms with Gasteiger partial charge in [-0.25, -0.2) is 0 Å². The lowest BCUT2D eigenvalue weighted by Crippen LogP contribution is -2.59. The third-order valence-corrected chi connectivity index (χ3v) is 2.50. The highest BCUT2D eigenvalue weighted by molar-refractivity contribution is 5.80. The number of ether oxygens (including phenoxy) is 1. The van der Waals surface area contributed by atoms with Gasteiger partial charge in [-0.15, -0.1) is 0 Å². The van der Waals surface area contributed by atoms with Crippen LogP contribution in [-0.4, -0.2) is 43.2 Å². The Morgan fingerprint density at radius 3 is 2.75 bits per heavy atom. The van der Waals surface area contributed by atoms with E-state index in [9.17, 15) is 4.79 Å². The maximum absolute atomic E-state index is 11.6. The Morgan fingerprint density at radius 1 is 1.50 bits per heavy atom. The maximum atomic E-state index is 11.6. The highest BCUT2D eigenvalue weighted by Gasteiger charge is 2.33. The van der Waals surface area contributed by atoms with Gasteiger partial charge in [0.2, 0.25) is 5.91 Å². The maximum Gasteiger partial charge on any atom is 0.228 e. The van der Waals surface area contributed by atoms with E-state index >= 15 is 0 Å². The predicted molar refractivity (Wildman–Crippen MR) is 43.5 cm³/mol. The van der Waals surface area contributed by atoms with Crippen molar-refractivity contribution in [3.63, 3.8) is 0 Å². The van der Waals surface area contributed by atoms with Gasteiger partial charge in [0.1, 0.15) is 0 Å². The zero-order chi connectivity index (χ0) is 8.55. The van der Waals surface area contributed by atoms with Crippen molar-refractivity contribution in [2.75, 3.05) is 26.3 Å². The zero-order valence-corrected chi connectivity index (χ0v) is 7.03. The molecule has 0 aromatic heterocycles. The molecule has 2 aliphatic heterocycles. The van der Waals surface area contributed by atoms with E-state index < -0.39 is 0 Å². The normalized spacial score (nSPS) is 30.4. The molecule has 0 radical (unpaired) electrons. The number of nitrogens with zero attached hydrogens (tertiary/aromatic N) is 1. The second kappa shape index (κ2) is 3.03. The van der Waals surface area contributed by atoms with Gasteiger partial charge in [0.05, 0.1) is 12.5 Å². The Bertz CT molecular complexity index is 183. The van der Waals surface area contributed by atoms with Crippen LogP contribution < -0.4 is 5.73 Å². The van der Waals surface area contributed by atoms with Crippen molar-refractivity contribution < 1.29 is 9.53 Å². The summed E-state index contributed by atoms with van der Waals surface area (Å²) in [5, 5.41) is 0. The molecule has 4 nitrogen and oxygen atoms in total. The first-order valence-corrected chi connectivity index (χ1v) is 4.39. The Morgan fingerprint density at radius 2 is 2.25 bits per heavy atom. The number of amides is 1. The van der Waals surface area contributed by atoms with Crippen molar-refractivity contribution in [2.45, 2.75) is 12.5 Å². The summed E-state index contributed by atoms with van der Waals surface area (Å²) in [7, 11) is 0. The van der Waals surface area contributed by atoms with Gasteiger partial charge in [0.25, 0.3) is 0 Å². The molecule has 2 heterocycles. The summed E-state index contributed by atoms with van der Waals surface area (Å²) >= 11 is 0. The van der Waals surface area contributed by atoms with E-state index in [1.807, 2.05) is 4.90 Å². The molecule has 0 saturated carbocycles. The Labute approximate surface area is 71.7 Å². The number of hydrogen-bond donors (Lipinski definition) is 1. The molecule has 1 atom stereocenters. The predicted octanol–water partition coefficient (Wildman–Crippen LogP) is -0.808. The molecule has 2 N–H and O–H groups in total. The third-order valence-electron chi connectivity index (χ3n) is 2.50. The summed E-state index contributed by atoms with van der Waals surface area (Å²) < 4.78 is 5.15. The Kier molecular flexibility index (Phi) is 2.02. The van der Waals surface area contributed by atoms with Crippen molar-refractivity contribution in [3.8, 4) is 0 Å². The minimum atomic E-state index is 0.109. The average Bonchev–Trinajstić information content (AvgIpc) is 2.49. The third kappa shape index (κ3) is 1.32. The Balaban J connectivity index is 1.83. The van der Waals surface area contributed by atoms with Gasteiger partial charge >= 0.3 is 0 Å².